The Kier molecular flexibility index (Phi) is 9.97. The molecule has 5 rings (SSSR count). The summed E-state index contributed by atoms with van der Waals surface area (Å²) < 4.78 is 60.5. The summed E-state index contributed by atoms with van der Waals surface area (Å²) in [5, 5.41) is 26.8. The molecule has 47 heavy (non-hydrogen) atoms. The van der Waals surface area contributed by atoms with Crippen molar-refractivity contribution in [2.75, 3.05) is 25.0 Å². The maximum atomic E-state index is 13.3. The maximum Gasteiger partial charge on any atom is 0.417 e. The quantitative estimate of drug-likeness (QED) is 0.218. The van der Waals surface area contributed by atoms with E-state index in [1.807, 2.05) is 18.2 Å². The lowest BCUT2D eigenvalue weighted by Gasteiger charge is -2.35. The number of carbonyl (C=O) groups excluding carboxylic acids is 1. The van der Waals surface area contributed by atoms with E-state index in [-0.39, 0.29) is 18.9 Å². The van der Waals surface area contributed by atoms with Gasteiger partial charge in [-0.3, -0.25) is 0 Å². The van der Waals surface area contributed by atoms with Crippen molar-refractivity contribution in [3.8, 4) is 17.2 Å². The van der Waals surface area contributed by atoms with Crippen molar-refractivity contribution in [2.45, 2.75) is 62.6 Å². The highest BCUT2D eigenvalue weighted by Gasteiger charge is 2.35. The molecule has 248 valence electrons. The van der Waals surface area contributed by atoms with E-state index in [4.69, 9.17) is 4.74 Å². The molecule has 4 heterocycles. The van der Waals surface area contributed by atoms with Gasteiger partial charge in [-0.05, 0) is 75.2 Å². The predicted octanol–water partition coefficient (Wildman–Crippen LogP) is 5.08. The molecule has 1 aromatic carbocycles. The van der Waals surface area contributed by atoms with Gasteiger partial charge >= 0.3 is 12.3 Å². The summed E-state index contributed by atoms with van der Waals surface area (Å²) >= 11 is -1.56. The number of nitrogens with one attached hydrogen (secondary N) is 2. The maximum absolute atomic E-state index is 13.3. The van der Waals surface area contributed by atoms with Crippen LogP contribution >= 0.6 is 0 Å². The number of alkyl halides is 3. The van der Waals surface area contributed by atoms with Crippen LogP contribution in [0.1, 0.15) is 38.3 Å². The number of hydrogen-bond donors (Lipinski definition) is 3. The molecule has 1 aliphatic heterocycles. The summed E-state index contributed by atoms with van der Waals surface area (Å²) in [6, 6.07) is 12.8. The number of anilines is 1. The van der Waals surface area contributed by atoms with E-state index < -0.39 is 46.9 Å². The minimum absolute atomic E-state index is 0.0917. The van der Waals surface area contributed by atoms with E-state index in [2.05, 4.69) is 26.7 Å². The lowest BCUT2D eigenvalue weighted by molar-refractivity contribution is -0.137. The molecule has 0 radical (unpaired) electrons. The van der Waals surface area contributed by atoms with E-state index in [9.17, 15) is 32.9 Å². The zero-order valence-corrected chi connectivity index (χ0v) is 26.7. The SMILES string of the molecule is CC(C)(C)OC(=O)NCCn1cc(C#N)c2cc(-c3ccc([S+]([O-])N4CC[C@@H](Nc5ccc(C(F)(F)F)cn5)[C@@H](O)C4)cc3)cnc21. The summed E-state index contributed by atoms with van der Waals surface area (Å²) in [5.74, 6) is 0.216. The van der Waals surface area contributed by atoms with Gasteiger partial charge in [0.25, 0.3) is 0 Å². The number of carbonyl (C=O) groups is 1. The number of fused-ring (bicyclic) bond motifs is 1. The van der Waals surface area contributed by atoms with Crippen LogP contribution in [-0.4, -0.2) is 72.0 Å². The smallest absolute Gasteiger partial charge is 0.417 e. The van der Waals surface area contributed by atoms with Gasteiger partial charge in [-0.15, -0.1) is 4.31 Å². The second-order valence-corrected chi connectivity index (χ2v) is 13.6. The fraction of sp³-hybridized carbons (Fsp3) is 0.375. The van der Waals surface area contributed by atoms with E-state index in [0.29, 0.717) is 41.0 Å². The van der Waals surface area contributed by atoms with Gasteiger partial charge in [0.1, 0.15) is 23.1 Å². The first-order valence-corrected chi connectivity index (χ1v) is 15.9. The zero-order chi connectivity index (χ0) is 33.9. The summed E-state index contributed by atoms with van der Waals surface area (Å²) in [4.78, 5) is 20.9. The molecule has 3 atom stereocenters. The van der Waals surface area contributed by atoms with Crippen molar-refractivity contribution in [3.63, 3.8) is 0 Å². The third-order valence-electron chi connectivity index (χ3n) is 7.45. The number of hydrogen-bond acceptors (Lipinski definition) is 9. The van der Waals surface area contributed by atoms with Crippen molar-refractivity contribution >= 4 is 34.3 Å². The van der Waals surface area contributed by atoms with Crippen LogP contribution in [0.4, 0.5) is 23.8 Å². The normalized spacial score (nSPS) is 18.0. The molecular weight excluding hydrogens is 635 g/mol. The number of benzene rings is 1. The third kappa shape index (κ3) is 8.33. The highest BCUT2D eigenvalue weighted by molar-refractivity contribution is 7.89. The zero-order valence-electron chi connectivity index (χ0n) is 25.9. The Balaban J connectivity index is 1.20. The highest BCUT2D eigenvalue weighted by Crippen LogP contribution is 2.31. The van der Waals surface area contributed by atoms with E-state index in [1.165, 1.54) is 6.07 Å². The third-order valence-corrected chi connectivity index (χ3v) is 8.92. The van der Waals surface area contributed by atoms with Gasteiger partial charge in [-0.1, -0.05) is 0 Å². The Bertz CT molecular complexity index is 1750. The number of aliphatic hydroxyl groups excluding tert-OH is 1. The Morgan fingerprint density at radius 2 is 1.89 bits per heavy atom. The van der Waals surface area contributed by atoms with Crippen molar-refractivity contribution in [1.82, 2.24) is 24.2 Å². The van der Waals surface area contributed by atoms with Crippen LogP contribution in [0.5, 0.6) is 0 Å². The lowest BCUT2D eigenvalue weighted by atomic mass is 10.0. The number of pyridine rings is 2. The van der Waals surface area contributed by atoms with Crippen LogP contribution in [0.25, 0.3) is 22.2 Å². The van der Waals surface area contributed by atoms with Gasteiger partial charge in [-0.2, -0.15) is 18.4 Å². The van der Waals surface area contributed by atoms with E-state index in [1.54, 1.807) is 54.2 Å². The number of β-amino-alcohol motifs (C(OH)–C–C–N with tert-alkyl or cyclic N) is 1. The molecule has 0 saturated carbocycles. The first-order chi connectivity index (χ1) is 22.2. The van der Waals surface area contributed by atoms with Crippen LogP contribution in [0.3, 0.4) is 0 Å². The molecule has 1 unspecified atom stereocenters. The second kappa shape index (κ2) is 13.8. The second-order valence-electron chi connectivity index (χ2n) is 12.1. The molecule has 3 N–H and O–H groups in total. The van der Waals surface area contributed by atoms with Gasteiger partial charge in [0.05, 0.1) is 41.2 Å². The number of nitriles is 1. The minimum Gasteiger partial charge on any atom is -0.593 e. The molecular formula is C32H34F3N7O4S. The molecule has 15 heteroatoms. The average Bonchev–Trinajstić information content (AvgIpc) is 3.37. The summed E-state index contributed by atoms with van der Waals surface area (Å²) in [7, 11) is 0. The fourth-order valence-corrected chi connectivity index (χ4v) is 6.38. The number of aliphatic hydroxyl groups is 1. The Hall–Kier alpha value is -4.36. The number of amides is 1. The Morgan fingerprint density at radius 3 is 2.51 bits per heavy atom. The average molecular weight is 670 g/mol. The summed E-state index contributed by atoms with van der Waals surface area (Å²) in [6.45, 7) is 6.49. The van der Waals surface area contributed by atoms with Gasteiger partial charge in [0.2, 0.25) is 0 Å². The molecule has 0 bridgehead atoms. The molecule has 11 nitrogen and oxygen atoms in total. The van der Waals surface area contributed by atoms with Crippen LogP contribution in [0.2, 0.25) is 0 Å². The predicted molar refractivity (Wildman–Crippen MR) is 169 cm³/mol. The van der Waals surface area contributed by atoms with Gasteiger partial charge in [-0.25, -0.2) is 14.8 Å². The van der Waals surface area contributed by atoms with Crippen LogP contribution < -0.4 is 10.6 Å². The molecule has 3 aromatic heterocycles. The molecule has 0 spiro atoms. The molecule has 1 amide bonds. The topological polar surface area (TPSA) is 151 Å². The number of alkyl carbamates (subject to hydrolysis) is 1. The van der Waals surface area contributed by atoms with Gasteiger partial charge in [0, 0.05) is 49.2 Å². The first kappa shape index (κ1) is 34.0. The molecule has 1 saturated heterocycles. The van der Waals surface area contributed by atoms with Crippen molar-refractivity contribution in [3.05, 3.63) is 72.2 Å². The van der Waals surface area contributed by atoms with Crippen LogP contribution in [0.15, 0.2) is 66.0 Å². The van der Waals surface area contributed by atoms with E-state index in [0.717, 1.165) is 23.4 Å². The largest absolute Gasteiger partial charge is 0.593 e. The van der Waals surface area contributed by atoms with Crippen LogP contribution in [0, 0.1) is 11.3 Å². The number of aromatic nitrogens is 3. The highest BCUT2D eigenvalue weighted by atomic mass is 32.2. The number of rotatable bonds is 8. The first-order valence-electron chi connectivity index (χ1n) is 14.8. The number of nitrogens with zero attached hydrogens (tertiary/aromatic N) is 5. The molecule has 1 aliphatic rings. The van der Waals surface area contributed by atoms with Crippen molar-refractivity contribution in [1.29, 1.82) is 5.26 Å². The monoisotopic (exact) mass is 669 g/mol. The van der Waals surface area contributed by atoms with Crippen molar-refractivity contribution in [2.24, 2.45) is 0 Å². The fourth-order valence-electron chi connectivity index (χ4n) is 5.15. The Labute approximate surface area is 272 Å². The molecule has 0 aliphatic carbocycles. The van der Waals surface area contributed by atoms with Gasteiger partial charge in [0.15, 0.2) is 4.90 Å². The van der Waals surface area contributed by atoms with Crippen molar-refractivity contribution < 1.29 is 32.4 Å². The lowest BCUT2D eigenvalue weighted by Crippen LogP contribution is -2.51. The standard InChI is InChI=1S/C32H34F3N7O4S/c1-31(2,3)46-30(44)37-11-13-41-18-22(15-36)25-14-21(16-39-29(25)41)20-4-7-24(8-5-20)47(45)42-12-10-26(27(43)19-42)40-28-9-6-23(17-38-28)32(33,34)35/h4-9,14,16-18,26-27,43H,10-13,19H2,1-3H3,(H,37,44)(H,38,40)/t26-,27+,47?/m1/s1. The number of ether oxygens (including phenoxy) is 1. The number of piperidine rings is 1. The summed E-state index contributed by atoms with van der Waals surface area (Å²) in [6.07, 6.45) is -1.42. The molecule has 4 aromatic rings. The minimum atomic E-state index is -4.48. The summed E-state index contributed by atoms with van der Waals surface area (Å²) in [5.41, 5.74) is 1.13. The van der Waals surface area contributed by atoms with Gasteiger partial charge < -0.3 is 29.6 Å². The van der Waals surface area contributed by atoms with E-state index >= 15 is 0 Å². The molecule has 1 fully saturated rings. The van der Waals surface area contributed by atoms with Crippen LogP contribution in [-0.2, 0) is 28.8 Å². The Morgan fingerprint density at radius 1 is 1.15 bits per heavy atom. The number of halogens is 3.